The maximum Gasteiger partial charge on any atom is 0.312 e. The molecule has 1 aromatic carbocycles. The van der Waals surface area contributed by atoms with E-state index in [9.17, 15) is 19.5 Å². The van der Waals surface area contributed by atoms with Gasteiger partial charge in [-0.25, -0.2) is 0 Å². The first-order valence-electron chi connectivity index (χ1n) is 15.0. The zero-order valence-electron chi connectivity index (χ0n) is 24.8. The van der Waals surface area contributed by atoms with Crippen molar-refractivity contribution in [1.82, 2.24) is 9.80 Å². The third-order valence-electron chi connectivity index (χ3n) is 9.47. The fraction of sp³-hybridized carbons (Fsp3) is 0.606. The Morgan fingerprint density at radius 1 is 1.22 bits per heavy atom. The minimum absolute atomic E-state index is 0.0699. The highest BCUT2D eigenvalue weighted by molar-refractivity contribution is 5.98. The molecular formula is C33H46N2O6. The molecule has 0 aliphatic carbocycles. The van der Waals surface area contributed by atoms with Gasteiger partial charge >= 0.3 is 5.97 Å². The van der Waals surface area contributed by atoms with Gasteiger partial charge in [0.05, 0.1) is 30.8 Å². The number of aliphatic hydroxyl groups is 1. The van der Waals surface area contributed by atoms with Crippen LogP contribution in [0.2, 0.25) is 0 Å². The number of hydrogen-bond acceptors (Lipinski definition) is 6. The number of unbranched alkanes of at least 4 members (excludes halogenated alkanes) is 2. The SMILES string of the molecule is C=CCCCCOC(=O)[C@@H]1[C@H]2C(=O)N([C@@H](CO)[C@@H](C)CC)C(C(=O)N(CC=C)Cc3ccccc3)C23CC[C@@]1(C)O3. The number of carbonyl (C=O) groups is 3. The lowest BCUT2D eigenvalue weighted by atomic mass is 9.66. The van der Waals surface area contributed by atoms with E-state index in [0.717, 1.165) is 18.4 Å². The van der Waals surface area contributed by atoms with Crippen LogP contribution < -0.4 is 0 Å². The van der Waals surface area contributed by atoms with Crippen LogP contribution in [0, 0.1) is 17.8 Å². The molecular weight excluding hydrogens is 520 g/mol. The fourth-order valence-corrected chi connectivity index (χ4v) is 7.19. The van der Waals surface area contributed by atoms with E-state index in [4.69, 9.17) is 9.47 Å². The summed E-state index contributed by atoms with van der Waals surface area (Å²) in [4.78, 5) is 45.9. The summed E-state index contributed by atoms with van der Waals surface area (Å²) in [6, 6.07) is 8.12. The zero-order valence-corrected chi connectivity index (χ0v) is 24.8. The number of rotatable bonds is 15. The minimum Gasteiger partial charge on any atom is -0.465 e. The average molecular weight is 567 g/mol. The molecule has 2 unspecified atom stereocenters. The Kier molecular flexibility index (Phi) is 9.75. The molecule has 2 bridgehead atoms. The second-order valence-corrected chi connectivity index (χ2v) is 12.1. The molecule has 0 aromatic heterocycles. The van der Waals surface area contributed by atoms with Crippen LogP contribution in [-0.2, 0) is 30.4 Å². The summed E-state index contributed by atoms with van der Waals surface area (Å²) >= 11 is 0. The van der Waals surface area contributed by atoms with Gasteiger partial charge < -0.3 is 24.4 Å². The molecule has 0 saturated carbocycles. The van der Waals surface area contributed by atoms with E-state index in [-0.39, 0.29) is 37.5 Å². The van der Waals surface area contributed by atoms with Crippen molar-refractivity contribution in [2.24, 2.45) is 17.8 Å². The van der Waals surface area contributed by atoms with Gasteiger partial charge in [0.25, 0.3) is 0 Å². The lowest BCUT2D eigenvalue weighted by Crippen LogP contribution is -2.59. The van der Waals surface area contributed by atoms with Gasteiger partial charge in [0, 0.05) is 13.1 Å². The number of fused-ring (bicyclic) bond motifs is 1. The highest BCUT2D eigenvalue weighted by Crippen LogP contribution is 2.64. The van der Waals surface area contributed by atoms with Gasteiger partial charge in [0.15, 0.2) is 0 Å². The third kappa shape index (κ3) is 5.61. The number of amides is 2. The number of carbonyl (C=O) groups excluding carboxylic acids is 3. The summed E-state index contributed by atoms with van der Waals surface area (Å²) in [6.07, 6.45) is 7.64. The van der Waals surface area contributed by atoms with Crippen molar-refractivity contribution in [1.29, 1.82) is 0 Å². The molecule has 2 amide bonds. The summed E-state index contributed by atoms with van der Waals surface area (Å²) in [5.74, 6) is -2.75. The standard InChI is InChI=1S/C33H46N2O6/c1-6-9-10-14-20-40-31(39)27-26-29(37)35(25(22-36)23(4)8-3)28(33(26)18-17-32(27,5)41-33)30(38)34(19-7-2)21-24-15-12-11-13-16-24/h6-7,11-13,15-16,23,25-28,36H,1-2,8-10,14,17-22H2,3-5H3/t23-,25-,26-,27-,28?,32+,33?/m0/s1. The predicted molar refractivity (Wildman–Crippen MR) is 156 cm³/mol. The van der Waals surface area contributed by atoms with Gasteiger partial charge in [0.1, 0.15) is 17.6 Å². The van der Waals surface area contributed by atoms with Gasteiger partial charge in [-0.15, -0.1) is 13.2 Å². The Balaban J connectivity index is 1.73. The van der Waals surface area contributed by atoms with Crippen molar-refractivity contribution in [3.05, 3.63) is 61.2 Å². The molecule has 1 spiro atoms. The van der Waals surface area contributed by atoms with E-state index in [2.05, 4.69) is 13.2 Å². The van der Waals surface area contributed by atoms with Crippen molar-refractivity contribution in [2.45, 2.75) is 89.1 Å². The Bertz CT molecular complexity index is 1120. The van der Waals surface area contributed by atoms with Crippen molar-refractivity contribution >= 4 is 17.8 Å². The largest absolute Gasteiger partial charge is 0.465 e. The van der Waals surface area contributed by atoms with Gasteiger partial charge in [0.2, 0.25) is 11.8 Å². The van der Waals surface area contributed by atoms with Crippen LogP contribution in [0.1, 0.15) is 64.9 Å². The number of esters is 1. The van der Waals surface area contributed by atoms with E-state index in [1.54, 1.807) is 15.9 Å². The second kappa shape index (κ2) is 12.9. The maximum atomic E-state index is 14.6. The summed E-state index contributed by atoms with van der Waals surface area (Å²) in [6.45, 7) is 14.0. The lowest BCUT2D eigenvalue weighted by Gasteiger charge is -2.41. The highest BCUT2D eigenvalue weighted by Gasteiger charge is 2.79. The normalized spacial score (nSPS) is 29.6. The van der Waals surface area contributed by atoms with Crippen molar-refractivity contribution in [3.63, 3.8) is 0 Å². The number of benzene rings is 1. The van der Waals surface area contributed by atoms with Crippen molar-refractivity contribution in [3.8, 4) is 0 Å². The molecule has 3 heterocycles. The zero-order chi connectivity index (χ0) is 29.8. The molecule has 3 aliphatic rings. The quantitative estimate of drug-likeness (QED) is 0.194. The number of hydrogen-bond donors (Lipinski definition) is 1. The van der Waals surface area contributed by atoms with Crippen LogP contribution in [0.4, 0.5) is 0 Å². The van der Waals surface area contributed by atoms with Crippen LogP contribution in [0.15, 0.2) is 55.6 Å². The van der Waals surface area contributed by atoms with Gasteiger partial charge in [-0.3, -0.25) is 14.4 Å². The molecule has 8 nitrogen and oxygen atoms in total. The van der Waals surface area contributed by atoms with Crippen LogP contribution >= 0.6 is 0 Å². The van der Waals surface area contributed by atoms with Crippen molar-refractivity contribution < 1.29 is 29.0 Å². The fourth-order valence-electron chi connectivity index (χ4n) is 7.19. The number of likely N-dealkylation sites (tertiary alicyclic amines) is 1. The number of nitrogens with zero attached hydrogens (tertiary/aromatic N) is 2. The monoisotopic (exact) mass is 566 g/mol. The summed E-state index contributed by atoms with van der Waals surface area (Å²) in [5.41, 5.74) is -1.13. The van der Waals surface area contributed by atoms with E-state index in [1.165, 1.54) is 0 Å². The Labute approximate surface area is 244 Å². The molecule has 224 valence electrons. The van der Waals surface area contributed by atoms with Crippen LogP contribution in [0.5, 0.6) is 0 Å². The molecule has 1 N–H and O–H groups in total. The summed E-state index contributed by atoms with van der Waals surface area (Å²) < 4.78 is 12.5. The van der Waals surface area contributed by atoms with E-state index >= 15 is 0 Å². The average Bonchev–Trinajstić information content (AvgIpc) is 3.54. The Morgan fingerprint density at radius 3 is 2.59 bits per heavy atom. The minimum atomic E-state index is -1.17. The molecule has 41 heavy (non-hydrogen) atoms. The molecule has 3 aliphatic heterocycles. The maximum absolute atomic E-state index is 14.6. The summed E-state index contributed by atoms with van der Waals surface area (Å²) in [7, 11) is 0. The summed E-state index contributed by atoms with van der Waals surface area (Å²) in [5, 5.41) is 10.6. The Hall–Kier alpha value is -2.97. The van der Waals surface area contributed by atoms with Crippen LogP contribution in [0.25, 0.3) is 0 Å². The van der Waals surface area contributed by atoms with Crippen LogP contribution in [0.3, 0.4) is 0 Å². The number of allylic oxidation sites excluding steroid dienone is 1. The van der Waals surface area contributed by atoms with E-state index in [1.807, 2.05) is 57.2 Å². The van der Waals surface area contributed by atoms with E-state index in [0.29, 0.717) is 32.2 Å². The molecule has 3 fully saturated rings. The molecule has 4 rings (SSSR count). The predicted octanol–water partition coefficient (Wildman–Crippen LogP) is 4.27. The Morgan fingerprint density at radius 2 is 1.95 bits per heavy atom. The molecule has 1 aromatic rings. The topological polar surface area (TPSA) is 96.4 Å². The van der Waals surface area contributed by atoms with Crippen LogP contribution in [-0.4, -0.2) is 75.7 Å². The number of aliphatic hydroxyl groups excluding tert-OH is 1. The van der Waals surface area contributed by atoms with E-state index < -0.39 is 41.1 Å². The molecule has 0 radical (unpaired) electrons. The van der Waals surface area contributed by atoms with Gasteiger partial charge in [-0.2, -0.15) is 0 Å². The molecule has 8 heteroatoms. The first kappa shape index (κ1) is 31.0. The second-order valence-electron chi connectivity index (χ2n) is 12.1. The third-order valence-corrected chi connectivity index (χ3v) is 9.47. The molecule has 7 atom stereocenters. The number of ether oxygens (including phenoxy) is 2. The molecule has 3 saturated heterocycles. The van der Waals surface area contributed by atoms with Gasteiger partial charge in [-0.1, -0.05) is 62.8 Å². The highest BCUT2D eigenvalue weighted by atomic mass is 16.6. The van der Waals surface area contributed by atoms with Gasteiger partial charge in [-0.05, 0) is 50.5 Å². The lowest BCUT2D eigenvalue weighted by molar-refractivity contribution is -0.162. The first-order valence-corrected chi connectivity index (χ1v) is 15.0. The smallest absolute Gasteiger partial charge is 0.312 e. The van der Waals surface area contributed by atoms with Crippen molar-refractivity contribution in [2.75, 3.05) is 19.8 Å². The first-order chi connectivity index (χ1) is 19.7.